The molecule has 0 bridgehead atoms. The molecule has 3 N–H and O–H groups in total. The third-order valence-corrected chi connectivity index (χ3v) is 2.50. The standard InChI is InChI=1S/C12H15N3O2/c1-17-12-6-9(2-3-11(12)16)10-7-14-15(8-10)5-4-13/h2-3,6-8,16H,4-5,13H2,1H3. The van der Waals surface area contributed by atoms with Gasteiger partial charge in [-0.3, -0.25) is 4.68 Å². The van der Waals surface area contributed by atoms with Crippen LogP contribution in [0.25, 0.3) is 11.1 Å². The maximum Gasteiger partial charge on any atom is 0.161 e. The Morgan fingerprint density at radius 2 is 2.24 bits per heavy atom. The molecule has 0 fully saturated rings. The van der Waals surface area contributed by atoms with Crippen LogP contribution in [0.5, 0.6) is 11.5 Å². The first-order valence-electron chi connectivity index (χ1n) is 5.34. The molecule has 2 rings (SSSR count). The number of hydrogen-bond acceptors (Lipinski definition) is 4. The number of phenolic OH excluding ortho intramolecular Hbond substituents is 1. The van der Waals surface area contributed by atoms with Gasteiger partial charge in [0.15, 0.2) is 11.5 Å². The van der Waals surface area contributed by atoms with Crippen molar-refractivity contribution in [3.63, 3.8) is 0 Å². The topological polar surface area (TPSA) is 73.3 Å². The van der Waals surface area contributed by atoms with Crippen molar-refractivity contribution in [3.8, 4) is 22.6 Å². The van der Waals surface area contributed by atoms with Crippen molar-refractivity contribution in [3.05, 3.63) is 30.6 Å². The normalized spacial score (nSPS) is 10.5. The van der Waals surface area contributed by atoms with E-state index in [1.807, 2.05) is 12.3 Å². The number of nitrogens with zero attached hydrogens (tertiary/aromatic N) is 2. The molecule has 1 aromatic carbocycles. The van der Waals surface area contributed by atoms with Gasteiger partial charge in [0.2, 0.25) is 0 Å². The molecule has 0 saturated carbocycles. The molecule has 0 aliphatic heterocycles. The third kappa shape index (κ3) is 2.39. The predicted molar refractivity (Wildman–Crippen MR) is 64.9 cm³/mol. The zero-order chi connectivity index (χ0) is 12.3. The fourth-order valence-corrected chi connectivity index (χ4v) is 1.62. The molecule has 1 aromatic heterocycles. The second-order valence-electron chi connectivity index (χ2n) is 3.67. The molecule has 0 amide bonds. The number of hydrogen-bond donors (Lipinski definition) is 2. The monoisotopic (exact) mass is 233 g/mol. The maximum absolute atomic E-state index is 9.51. The Labute approximate surface area is 99.4 Å². The van der Waals surface area contributed by atoms with E-state index in [2.05, 4.69) is 5.10 Å². The van der Waals surface area contributed by atoms with Gasteiger partial charge in [-0.25, -0.2) is 0 Å². The summed E-state index contributed by atoms with van der Waals surface area (Å²) < 4.78 is 6.85. The van der Waals surface area contributed by atoms with E-state index in [4.69, 9.17) is 10.5 Å². The van der Waals surface area contributed by atoms with E-state index in [-0.39, 0.29) is 5.75 Å². The number of benzene rings is 1. The zero-order valence-electron chi connectivity index (χ0n) is 9.63. The van der Waals surface area contributed by atoms with Crippen LogP contribution in [0.3, 0.4) is 0 Å². The van der Waals surface area contributed by atoms with Gasteiger partial charge >= 0.3 is 0 Å². The molecule has 0 aliphatic carbocycles. The van der Waals surface area contributed by atoms with Gasteiger partial charge in [0.25, 0.3) is 0 Å². The molecule has 90 valence electrons. The Morgan fingerprint density at radius 3 is 2.94 bits per heavy atom. The molecule has 5 nitrogen and oxygen atoms in total. The average Bonchev–Trinajstić information content (AvgIpc) is 2.79. The van der Waals surface area contributed by atoms with Gasteiger partial charge in [0.05, 0.1) is 19.9 Å². The molecule has 1 heterocycles. The first-order valence-corrected chi connectivity index (χ1v) is 5.34. The van der Waals surface area contributed by atoms with E-state index in [1.165, 1.54) is 7.11 Å². The SMILES string of the molecule is COc1cc(-c2cnn(CCN)c2)ccc1O. The summed E-state index contributed by atoms with van der Waals surface area (Å²) in [6.07, 6.45) is 3.68. The number of ether oxygens (including phenoxy) is 1. The van der Waals surface area contributed by atoms with Crippen LogP contribution in [0.1, 0.15) is 0 Å². The van der Waals surface area contributed by atoms with Gasteiger partial charge in [0, 0.05) is 18.3 Å². The summed E-state index contributed by atoms with van der Waals surface area (Å²) in [4.78, 5) is 0. The highest BCUT2D eigenvalue weighted by Crippen LogP contribution is 2.31. The van der Waals surface area contributed by atoms with Crippen molar-refractivity contribution >= 4 is 0 Å². The summed E-state index contributed by atoms with van der Waals surface area (Å²) in [6.45, 7) is 1.25. The molecule has 2 aromatic rings. The first kappa shape index (κ1) is 11.5. The average molecular weight is 233 g/mol. The fourth-order valence-electron chi connectivity index (χ4n) is 1.62. The van der Waals surface area contributed by atoms with Crippen LogP contribution < -0.4 is 10.5 Å². The van der Waals surface area contributed by atoms with Crippen molar-refractivity contribution in [1.82, 2.24) is 9.78 Å². The van der Waals surface area contributed by atoms with E-state index in [0.29, 0.717) is 18.8 Å². The summed E-state index contributed by atoms with van der Waals surface area (Å²) in [7, 11) is 1.52. The summed E-state index contributed by atoms with van der Waals surface area (Å²) in [5.74, 6) is 0.583. The Morgan fingerprint density at radius 1 is 1.41 bits per heavy atom. The number of methoxy groups -OCH3 is 1. The molecule has 17 heavy (non-hydrogen) atoms. The Kier molecular flexibility index (Phi) is 3.30. The van der Waals surface area contributed by atoms with Crippen LogP contribution in [-0.4, -0.2) is 28.5 Å². The van der Waals surface area contributed by atoms with Crippen LogP contribution >= 0.6 is 0 Å². The Bertz CT molecular complexity index is 508. The quantitative estimate of drug-likeness (QED) is 0.832. The number of aromatic nitrogens is 2. The number of phenols is 1. The fraction of sp³-hybridized carbons (Fsp3) is 0.250. The zero-order valence-corrected chi connectivity index (χ0v) is 9.63. The van der Waals surface area contributed by atoms with Gasteiger partial charge in [-0.1, -0.05) is 6.07 Å². The van der Waals surface area contributed by atoms with Crippen LogP contribution in [0.4, 0.5) is 0 Å². The molecule has 0 radical (unpaired) electrons. The van der Waals surface area contributed by atoms with E-state index in [9.17, 15) is 5.11 Å². The van der Waals surface area contributed by atoms with Crippen molar-refractivity contribution in [2.45, 2.75) is 6.54 Å². The first-order chi connectivity index (χ1) is 8.24. The lowest BCUT2D eigenvalue weighted by molar-refractivity contribution is 0.373. The number of rotatable bonds is 4. The Hall–Kier alpha value is -2.01. The maximum atomic E-state index is 9.51. The van der Waals surface area contributed by atoms with Crippen LogP contribution in [0.2, 0.25) is 0 Å². The lowest BCUT2D eigenvalue weighted by atomic mass is 10.1. The van der Waals surface area contributed by atoms with Crippen molar-refractivity contribution in [2.75, 3.05) is 13.7 Å². The van der Waals surface area contributed by atoms with Gasteiger partial charge in [-0.2, -0.15) is 5.10 Å². The van der Waals surface area contributed by atoms with Gasteiger partial charge in [-0.15, -0.1) is 0 Å². The number of nitrogens with two attached hydrogens (primary N) is 1. The summed E-state index contributed by atoms with van der Waals surface area (Å²) in [5.41, 5.74) is 7.38. The van der Waals surface area contributed by atoms with Gasteiger partial charge < -0.3 is 15.6 Å². The molecule has 0 aliphatic rings. The lowest BCUT2D eigenvalue weighted by Gasteiger charge is -2.04. The molecule has 0 saturated heterocycles. The molecular weight excluding hydrogens is 218 g/mol. The minimum Gasteiger partial charge on any atom is -0.504 e. The van der Waals surface area contributed by atoms with Gasteiger partial charge in [0.1, 0.15) is 0 Å². The van der Waals surface area contributed by atoms with E-state index in [0.717, 1.165) is 11.1 Å². The minimum absolute atomic E-state index is 0.130. The highest BCUT2D eigenvalue weighted by atomic mass is 16.5. The summed E-state index contributed by atoms with van der Waals surface area (Å²) in [5, 5.41) is 13.7. The van der Waals surface area contributed by atoms with Crippen LogP contribution in [-0.2, 0) is 6.54 Å². The molecule has 5 heteroatoms. The minimum atomic E-state index is 0.130. The second kappa shape index (κ2) is 4.88. The predicted octanol–water partition coefficient (Wildman–Crippen LogP) is 1.22. The largest absolute Gasteiger partial charge is 0.504 e. The van der Waals surface area contributed by atoms with E-state index in [1.54, 1.807) is 23.0 Å². The van der Waals surface area contributed by atoms with Crippen LogP contribution in [0.15, 0.2) is 30.6 Å². The third-order valence-electron chi connectivity index (χ3n) is 2.50. The molecular formula is C12H15N3O2. The smallest absolute Gasteiger partial charge is 0.161 e. The molecule has 0 atom stereocenters. The van der Waals surface area contributed by atoms with Gasteiger partial charge in [-0.05, 0) is 17.7 Å². The van der Waals surface area contributed by atoms with Crippen molar-refractivity contribution < 1.29 is 9.84 Å². The molecule has 0 unspecified atom stereocenters. The van der Waals surface area contributed by atoms with Crippen molar-refractivity contribution in [2.24, 2.45) is 5.73 Å². The van der Waals surface area contributed by atoms with Crippen LogP contribution in [0, 0.1) is 0 Å². The Balaban J connectivity index is 2.32. The van der Waals surface area contributed by atoms with E-state index >= 15 is 0 Å². The lowest BCUT2D eigenvalue weighted by Crippen LogP contribution is -2.09. The summed E-state index contributed by atoms with van der Waals surface area (Å²) in [6, 6.07) is 5.20. The van der Waals surface area contributed by atoms with Crippen molar-refractivity contribution in [1.29, 1.82) is 0 Å². The highest BCUT2D eigenvalue weighted by Gasteiger charge is 2.06. The summed E-state index contributed by atoms with van der Waals surface area (Å²) >= 11 is 0. The second-order valence-corrected chi connectivity index (χ2v) is 3.67. The highest BCUT2D eigenvalue weighted by molar-refractivity contribution is 5.65. The van der Waals surface area contributed by atoms with E-state index < -0.39 is 0 Å². The molecule has 0 spiro atoms. The number of aromatic hydroxyl groups is 1.